The molecule has 0 radical (unpaired) electrons. The van der Waals surface area contributed by atoms with Gasteiger partial charge in [-0.1, -0.05) is 173 Å². The predicted molar refractivity (Wildman–Crippen MR) is 373 cm³/mol. The Kier molecular flexibility index (Phi) is 65.9. The van der Waals surface area contributed by atoms with Gasteiger partial charge in [-0.3, -0.25) is 28.8 Å². The number of hydrogen-bond donors (Lipinski definition) is 6. The van der Waals surface area contributed by atoms with Crippen LogP contribution in [0.2, 0.25) is 0 Å². The lowest BCUT2D eigenvalue weighted by molar-refractivity contribution is -0.127. The number of amides is 6. The summed E-state index contributed by atoms with van der Waals surface area (Å²) in [7, 11) is 1.68. The average Bonchev–Trinajstić information content (AvgIpc) is 3.76. The first-order chi connectivity index (χ1) is 44.7. The highest BCUT2D eigenvalue weighted by Crippen LogP contribution is 2.08. The zero-order valence-electron chi connectivity index (χ0n) is 56.2. The Morgan fingerprint density at radius 2 is 0.648 bits per heavy atom. The molecule has 512 valence electrons. The maximum Gasteiger partial charge on any atom is 0.245 e. The molecule has 0 fully saturated rings. The van der Waals surface area contributed by atoms with Crippen molar-refractivity contribution in [3.8, 4) is 0 Å². The van der Waals surface area contributed by atoms with E-state index in [-0.39, 0.29) is 94.5 Å². The molecule has 6 N–H and O–H groups in total. The van der Waals surface area contributed by atoms with Crippen LogP contribution in [-0.4, -0.2) is 141 Å². The van der Waals surface area contributed by atoms with Crippen LogP contribution in [0.15, 0.2) is 146 Å². The van der Waals surface area contributed by atoms with Crippen molar-refractivity contribution in [1.29, 1.82) is 0 Å². The molecule has 0 aromatic heterocycles. The van der Waals surface area contributed by atoms with Gasteiger partial charge in [-0.2, -0.15) is 0 Å². The average molecular weight is 1270 g/mol. The van der Waals surface area contributed by atoms with Crippen molar-refractivity contribution in [2.45, 2.75) is 187 Å². The standard InChI is InChI=1S/C74H120N6O11/c1-4-6-8-10-12-14-16-18-20-22-24-26-28-30-32-34-36-38-42-50-69(81)78-56-59-88-61-63-90-66-73(85)76-54-46-44-49-68(65-72(84)75-53-45-40-41-47-58-87-3)80-71(83)52-48-55-77-74(86)67-91-64-62-89-60-57-79-70(82)51-43-39-37-35-33-31-29-27-25-23-21-19-17-15-13-11-9-7-5-2/h6-9,12-15,18-21,24-27,30-33,36-39,68H,4-5,10-11,16-17,22-23,28-29,34-35,40-67H2,1-3H3,(H,75,84)(H,76,85)(H,77,86)(H,78,81)(H,79,82)(H,80,83)/b8-6-,9-7-,14-12-,15-13-,20-18-,21-19-,26-24-,27-25-,32-30-,33-31-,38-36-,39-37-/t68-/m0/s1. The van der Waals surface area contributed by atoms with E-state index in [1.165, 1.54) is 0 Å². The molecule has 0 aliphatic carbocycles. The summed E-state index contributed by atoms with van der Waals surface area (Å²) in [5, 5.41) is 17.3. The van der Waals surface area contributed by atoms with E-state index in [0.717, 1.165) is 109 Å². The van der Waals surface area contributed by atoms with Crippen molar-refractivity contribution >= 4 is 35.4 Å². The van der Waals surface area contributed by atoms with Crippen LogP contribution in [0.4, 0.5) is 0 Å². The van der Waals surface area contributed by atoms with E-state index < -0.39 is 6.04 Å². The Hall–Kier alpha value is -6.50. The predicted octanol–water partition coefficient (Wildman–Crippen LogP) is 12.6. The van der Waals surface area contributed by atoms with Crippen molar-refractivity contribution in [1.82, 2.24) is 31.9 Å². The number of hydrogen-bond acceptors (Lipinski definition) is 11. The summed E-state index contributed by atoms with van der Waals surface area (Å²) in [5.74, 6) is -0.982. The van der Waals surface area contributed by atoms with Gasteiger partial charge in [-0.15, -0.1) is 0 Å². The summed E-state index contributed by atoms with van der Waals surface area (Å²) in [6.07, 6.45) is 71.8. The number of ether oxygens (including phenoxy) is 5. The molecule has 0 saturated carbocycles. The smallest absolute Gasteiger partial charge is 0.245 e. The summed E-state index contributed by atoms with van der Waals surface area (Å²) >= 11 is 0. The van der Waals surface area contributed by atoms with Crippen molar-refractivity contribution in [2.24, 2.45) is 0 Å². The number of carbonyl (C=O) groups is 6. The Morgan fingerprint density at radius 3 is 1.05 bits per heavy atom. The van der Waals surface area contributed by atoms with E-state index in [2.05, 4.69) is 179 Å². The van der Waals surface area contributed by atoms with Crippen molar-refractivity contribution < 1.29 is 52.5 Å². The molecular formula is C74H120N6O11. The molecule has 91 heavy (non-hydrogen) atoms. The van der Waals surface area contributed by atoms with E-state index in [9.17, 15) is 28.8 Å². The summed E-state index contributed by atoms with van der Waals surface area (Å²) in [6.45, 7) is 8.46. The minimum absolute atomic E-state index is 0.0316. The lowest BCUT2D eigenvalue weighted by Crippen LogP contribution is -2.40. The molecule has 0 heterocycles. The van der Waals surface area contributed by atoms with Crippen molar-refractivity contribution in [2.75, 3.05) is 99.3 Å². The molecule has 1 atom stereocenters. The lowest BCUT2D eigenvalue weighted by atomic mass is 10.0. The number of nitrogens with one attached hydrogen (secondary N) is 6. The van der Waals surface area contributed by atoms with Gasteiger partial charge in [0.15, 0.2) is 0 Å². The molecule has 0 bridgehead atoms. The molecule has 0 aromatic rings. The molecule has 0 rings (SSSR count). The van der Waals surface area contributed by atoms with Crippen LogP contribution in [0.3, 0.4) is 0 Å². The molecule has 0 spiro atoms. The molecule has 0 aromatic carbocycles. The largest absolute Gasteiger partial charge is 0.385 e. The zero-order chi connectivity index (χ0) is 66.1. The van der Waals surface area contributed by atoms with E-state index in [4.69, 9.17) is 23.7 Å². The van der Waals surface area contributed by atoms with Crippen LogP contribution in [-0.2, 0) is 52.5 Å². The second-order valence-corrected chi connectivity index (χ2v) is 21.5. The SMILES string of the molecule is CC/C=C\C/C=C\C/C=C\C/C=C\C/C=C\C/C=C\CCC(=O)NCCOCCOCC(=O)NCCCC[C@@H](CC(=O)NCCCCCCOC)NC(=O)CCCNC(=O)COCCOCCNC(=O)CC/C=C\C/C=C\C/C=C\C/C=C\C/C=C\C/C=C\CC. The molecule has 17 heteroatoms. The van der Waals surface area contributed by atoms with Gasteiger partial charge in [-0.25, -0.2) is 0 Å². The molecule has 0 aliphatic heterocycles. The number of methoxy groups -OCH3 is 1. The Bertz CT molecular complexity index is 2180. The highest BCUT2D eigenvalue weighted by atomic mass is 16.5. The van der Waals surface area contributed by atoms with Gasteiger partial charge in [0.2, 0.25) is 35.4 Å². The second-order valence-electron chi connectivity index (χ2n) is 21.5. The van der Waals surface area contributed by atoms with Gasteiger partial charge in [0.25, 0.3) is 0 Å². The fourth-order valence-electron chi connectivity index (χ4n) is 8.28. The van der Waals surface area contributed by atoms with Gasteiger partial charge >= 0.3 is 0 Å². The van der Waals surface area contributed by atoms with Gasteiger partial charge in [0.1, 0.15) is 13.2 Å². The number of unbranched alkanes of at least 4 members (excludes halogenated alkanes) is 4. The van der Waals surface area contributed by atoms with Crippen molar-refractivity contribution in [3.05, 3.63) is 146 Å². The Balaban J connectivity index is 4.21. The minimum Gasteiger partial charge on any atom is -0.385 e. The third-order valence-electron chi connectivity index (χ3n) is 13.2. The van der Waals surface area contributed by atoms with E-state index in [1.807, 2.05) is 12.2 Å². The summed E-state index contributed by atoms with van der Waals surface area (Å²) in [5.41, 5.74) is 0. The molecular weight excluding hydrogens is 1150 g/mol. The first-order valence-electron chi connectivity index (χ1n) is 33.9. The fraction of sp³-hybridized carbons (Fsp3) is 0.595. The van der Waals surface area contributed by atoms with Gasteiger partial charge in [-0.05, 0) is 128 Å². The zero-order valence-corrected chi connectivity index (χ0v) is 56.2. The summed E-state index contributed by atoms with van der Waals surface area (Å²) < 4.78 is 27.0. The van der Waals surface area contributed by atoms with Gasteiger partial charge < -0.3 is 55.6 Å². The van der Waals surface area contributed by atoms with Crippen LogP contribution < -0.4 is 31.9 Å². The topological polar surface area (TPSA) is 221 Å². The van der Waals surface area contributed by atoms with Crippen LogP contribution in [0.1, 0.15) is 181 Å². The molecule has 17 nitrogen and oxygen atoms in total. The van der Waals surface area contributed by atoms with E-state index in [1.54, 1.807) is 7.11 Å². The maximum absolute atomic E-state index is 13.0. The van der Waals surface area contributed by atoms with E-state index >= 15 is 0 Å². The number of rotatable bonds is 63. The normalized spacial score (nSPS) is 12.7. The Morgan fingerprint density at radius 1 is 0.308 bits per heavy atom. The third-order valence-corrected chi connectivity index (χ3v) is 13.2. The van der Waals surface area contributed by atoms with E-state index in [0.29, 0.717) is 90.8 Å². The highest BCUT2D eigenvalue weighted by Gasteiger charge is 2.17. The maximum atomic E-state index is 13.0. The van der Waals surface area contributed by atoms with Gasteiger partial charge in [0.05, 0.1) is 39.6 Å². The summed E-state index contributed by atoms with van der Waals surface area (Å²) in [6, 6.07) is -0.393. The van der Waals surface area contributed by atoms with Crippen LogP contribution >= 0.6 is 0 Å². The monoisotopic (exact) mass is 1270 g/mol. The van der Waals surface area contributed by atoms with Crippen LogP contribution in [0.5, 0.6) is 0 Å². The van der Waals surface area contributed by atoms with Crippen LogP contribution in [0, 0.1) is 0 Å². The molecule has 0 unspecified atom stereocenters. The number of carbonyl (C=O) groups excluding carboxylic acids is 6. The van der Waals surface area contributed by atoms with Crippen LogP contribution in [0.25, 0.3) is 0 Å². The Labute approximate surface area is 549 Å². The second kappa shape index (κ2) is 70.9. The quantitative estimate of drug-likeness (QED) is 0.0248. The highest BCUT2D eigenvalue weighted by molar-refractivity contribution is 5.80. The van der Waals surface area contributed by atoms with Gasteiger partial charge in [0, 0.05) is 78.2 Å². The summed E-state index contributed by atoms with van der Waals surface area (Å²) in [4.78, 5) is 74.9. The number of allylic oxidation sites excluding steroid dienone is 24. The molecule has 0 saturated heterocycles. The first-order valence-corrected chi connectivity index (χ1v) is 33.9. The molecule has 0 aliphatic rings. The first kappa shape index (κ1) is 84.5. The third kappa shape index (κ3) is 69.2. The van der Waals surface area contributed by atoms with Crippen molar-refractivity contribution in [3.63, 3.8) is 0 Å². The lowest BCUT2D eigenvalue weighted by Gasteiger charge is -2.19. The fourth-order valence-corrected chi connectivity index (χ4v) is 8.28. The molecule has 6 amide bonds. The minimum atomic E-state index is -0.393.